The molecule has 2 unspecified atom stereocenters. The molecule has 0 amide bonds. The van der Waals surface area contributed by atoms with Crippen LogP contribution >= 0.6 is 22.6 Å². The van der Waals surface area contributed by atoms with Gasteiger partial charge in [0.05, 0.1) is 19.3 Å². The van der Waals surface area contributed by atoms with E-state index in [4.69, 9.17) is 9.47 Å². The molecular weight excluding hydrogens is 279 g/mol. The molecule has 1 fully saturated rings. The quantitative estimate of drug-likeness (QED) is 0.426. The first-order chi connectivity index (χ1) is 6.34. The van der Waals surface area contributed by atoms with E-state index in [0.29, 0.717) is 6.10 Å². The number of rotatable bonds is 6. The molecule has 0 spiro atoms. The van der Waals surface area contributed by atoms with Crippen LogP contribution in [-0.2, 0) is 9.47 Å². The molecule has 0 radical (unpaired) electrons. The fraction of sp³-hybridized carbons (Fsp3) is 1.00. The maximum Gasteiger partial charge on any atom is 0.0704 e. The minimum absolute atomic E-state index is 0.492. The molecule has 0 bridgehead atoms. The lowest BCUT2D eigenvalue weighted by molar-refractivity contribution is 0.0116. The average Bonchev–Trinajstić information content (AvgIpc) is 2.52. The van der Waals surface area contributed by atoms with Crippen molar-refractivity contribution < 1.29 is 9.47 Å². The molecule has 1 saturated carbocycles. The predicted octanol–water partition coefficient (Wildman–Crippen LogP) is 2.79. The maximum atomic E-state index is 5.73. The van der Waals surface area contributed by atoms with E-state index >= 15 is 0 Å². The van der Waals surface area contributed by atoms with E-state index in [2.05, 4.69) is 29.5 Å². The lowest BCUT2D eigenvalue weighted by Crippen LogP contribution is -2.20. The minimum Gasteiger partial charge on any atom is -0.379 e. The summed E-state index contributed by atoms with van der Waals surface area (Å²) in [4.78, 5) is 0. The van der Waals surface area contributed by atoms with Gasteiger partial charge in [-0.25, -0.2) is 0 Å². The number of hydrogen-bond acceptors (Lipinski definition) is 2. The lowest BCUT2D eigenvalue weighted by atomic mass is 10.3. The van der Waals surface area contributed by atoms with Crippen LogP contribution in [0.2, 0.25) is 0 Å². The van der Waals surface area contributed by atoms with Gasteiger partial charge in [-0.15, -0.1) is 0 Å². The van der Waals surface area contributed by atoms with Crippen LogP contribution in [0.5, 0.6) is 0 Å². The van der Waals surface area contributed by atoms with Gasteiger partial charge in [-0.05, 0) is 25.7 Å². The first-order valence-corrected chi connectivity index (χ1v) is 6.42. The number of ether oxygens (including phenoxy) is 2. The van der Waals surface area contributed by atoms with E-state index in [0.717, 1.165) is 30.2 Å². The van der Waals surface area contributed by atoms with E-state index in [1.165, 1.54) is 19.3 Å². The molecule has 0 aromatic rings. The van der Waals surface area contributed by atoms with Crippen LogP contribution in [-0.4, -0.2) is 29.8 Å². The van der Waals surface area contributed by atoms with Crippen molar-refractivity contribution in [3.63, 3.8) is 0 Å². The molecule has 1 rings (SSSR count). The summed E-state index contributed by atoms with van der Waals surface area (Å²) in [7, 11) is 0. The van der Waals surface area contributed by atoms with Gasteiger partial charge < -0.3 is 9.47 Å². The molecule has 0 aliphatic heterocycles. The number of hydrogen-bond donors (Lipinski definition) is 0. The molecule has 1 aliphatic carbocycles. The van der Waals surface area contributed by atoms with Gasteiger partial charge in [0.2, 0.25) is 0 Å². The average molecular weight is 298 g/mol. The van der Waals surface area contributed by atoms with Gasteiger partial charge in [0, 0.05) is 10.5 Å². The van der Waals surface area contributed by atoms with Crippen LogP contribution in [0.25, 0.3) is 0 Å². The molecule has 78 valence electrons. The van der Waals surface area contributed by atoms with E-state index in [9.17, 15) is 0 Å². The van der Waals surface area contributed by atoms with Gasteiger partial charge >= 0.3 is 0 Å². The third-order valence-electron chi connectivity index (χ3n) is 2.28. The monoisotopic (exact) mass is 298 g/mol. The van der Waals surface area contributed by atoms with Crippen molar-refractivity contribution >= 4 is 22.6 Å². The summed E-state index contributed by atoms with van der Waals surface area (Å²) in [5, 5.41) is 0. The number of alkyl halides is 1. The highest BCUT2D eigenvalue weighted by Crippen LogP contribution is 2.28. The van der Waals surface area contributed by atoms with E-state index in [-0.39, 0.29) is 0 Å². The Labute approximate surface area is 94.5 Å². The molecule has 1 aliphatic rings. The summed E-state index contributed by atoms with van der Waals surface area (Å²) in [6, 6.07) is 0. The summed E-state index contributed by atoms with van der Waals surface area (Å²) in [6.07, 6.45) is 5.47. The second-order valence-electron chi connectivity index (χ2n) is 3.47. The van der Waals surface area contributed by atoms with Gasteiger partial charge in [-0.3, -0.25) is 0 Å². The SMILES string of the molecule is CCCOCCOC1CCCC1I. The van der Waals surface area contributed by atoms with Crippen molar-refractivity contribution in [2.45, 2.75) is 42.6 Å². The Kier molecular flexibility index (Phi) is 6.32. The summed E-state index contributed by atoms with van der Waals surface area (Å²) in [5.74, 6) is 0. The molecule has 3 heteroatoms. The van der Waals surface area contributed by atoms with Crippen molar-refractivity contribution in [1.82, 2.24) is 0 Å². The summed E-state index contributed by atoms with van der Waals surface area (Å²) in [5.41, 5.74) is 0. The number of halogens is 1. The second-order valence-corrected chi connectivity index (χ2v) is 5.07. The predicted molar refractivity (Wildman–Crippen MR) is 62.5 cm³/mol. The Morgan fingerprint density at radius 3 is 2.69 bits per heavy atom. The fourth-order valence-electron chi connectivity index (χ4n) is 1.57. The molecule has 0 N–H and O–H groups in total. The summed E-state index contributed by atoms with van der Waals surface area (Å²) in [6.45, 7) is 4.51. The van der Waals surface area contributed by atoms with Crippen LogP contribution in [0.15, 0.2) is 0 Å². The van der Waals surface area contributed by atoms with Crippen molar-refractivity contribution in [3.05, 3.63) is 0 Å². The molecule has 0 heterocycles. The third-order valence-corrected chi connectivity index (χ3v) is 3.70. The second kappa shape index (κ2) is 7.01. The normalized spacial score (nSPS) is 28.2. The highest BCUT2D eigenvalue weighted by molar-refractivity contribution is 14.1. The standard InChI is InChI=1S/C10H19IO2/c1-2-6-12-7-8-13-10-5-3-4-9(10)11/h9-10H,2-8H2,1H3. The third kappa shape index (κ3) is 4.61. The first kappa shape index (κ1) is 11.7. The van der Waals surface area contributed by atoms with Crippen molar-refractivity contribution in [2.24, 2.45) is 0 Å². The lowest BCUT2D eigenvalue weighted by Gasteiger charge is -2.14. The Bertz CT molecular complexity index is 130. The largest absolute Gasteiger partial charge is 0.379 e. The van der Waals surface area contributed by atoms with Crippen LogP contribution < -0.4 is 0 Å². The molecule has 2 nitrogen and oxygen atoms in total. The van der Waals surface area contributed by atoms with Crippen molar-refractivity contribution in [2.75, 3.05) is 19.8 Å². The Hall–Kier alpha value is 0.650. The molecule has 0 aromatic heterocycles. The zero-order valence-corrected chi connectivity index (χ0v) is 10.5. The van der Waals surface area contributed by atoms with Crippen LogP contribution in [0.4, 0.5) is 0 Å². The fourth-order valence-corrected chi connectivity index (χ4v) is 2.58. The van der Waals surface area contributed by atoms with Crippen LogP contribution in [0.3, 0.4) is 0 Å². The van der Waals surface area contributed by atoms with Crippen molar-refractivity contribution in [1.29, 1.82) is 0 Å². The van der Waals surface area contributed by atoms with E-state index in [1.54, 1.807) is 0 Å². The molecule has 0 saturated heterocycles. The smallest absolute Gasteiger partial charge is 0.0704 e. The summed E-state index contributed by atoms with van der Waals surface area (Å²) >= 11 is 2.50. The van der Waals surface area contributed by atoms with Gasteiger partial charge in [0.15, 0.2) is 0 Å². The van der Waals surface area contributed by atoms with E-state index in [1.807, 2.05) is 0 Å². The first-order valence-electron chi connectivity index (χ1n) is 5.18. The zero-order chi connectivity index (χ0) is 9.52. The Morgan fingerprint density at radius 1 is 1.23 bits per heavy atom. The topological polar surface area (TPSA) is 18.5 Å². The Balaban J connectivity index is 1.93. The molecule has 0 aromatic carbocycles. The maximum absolute atomic E-state index is 5.73. The van der Waals surface area contributed by atoms with E-state index < -0.39 is 0 Å². The van der Waals surface area contributed by atoms with Crippen LogP contribution in [0, 0.1) is 0 Å². The highest BCUT2D eigenvalue weighted by atomic mass is 127. The summed E-state index contributed by atoms with van der Waals surface area (Å²) < 4.78 is 11.8. The Morgan fingerprint density at radius 2 is 2.08 bits per heavy atom. The van der Waals surface area contributed by atoms with Gasteiger partial charge in [-0.2, -0.15) is 0 Å². The van der Waals surface area contributed by atoms with Crippen molar-refractivity contribution in [3.8, 4) is 0 Å². The minimum atomic E-state index is 0.492. The van der Waals surface area contributed by atoms with Gasteiger partial charge in [0.1, 0.15) is 0 Å². The molecule has 13 heavy (non-hydrogen) atoms. The van der Waals surface area contributed by atoms with Gasteiger partial charge in [0.25, 0.3) is 0 Å². The van der Waals surface area contributed by atoms with Crippen LogP contribution in [0.1, 0.15) is 32.6 Å². The molecular formula is C10H19IO2. The highest BCUT2D eigenvalue weighted by Gasteiger charge is 2.24. The molecule has 2 atom stereocenters. The zero-order valence-electron chi connectivity index (χ0n) is 8.30. The van der Waals surface area contributed by atoms with Gasteiger partial charge in [-0.1, -0.05) is 29.5 Å².